The Morgan fingerprint density at radius 1 is 0.868 bits per heavy atom. The molecule has 190 valence electrons. The molecule has 1 unspecified atom stereocenters. The van der Waals surface area contributed by atoms with E-state index in [0.29, 0.717) is 22.4 Å². The molecule has 0 aliphatic heterocycles. The number of fused-ring (bicyclic) bond motifs is 2. The Morgan fingerprint density at radius 3 is 2.37 bits per heavy atom. The van der Waals surface area contributed by atoms with E-state index in [-0.39, 0.29) is 4.90 Å². The molecular weight excluding hydrogens is 496 g/mol. The summed E-state index contributed by atoms with van der Waals surface area (Å²) in [6.07, 6.45) is 1.95. The monoisotopic (exact) mass is 522 g/mol. The highest BCUT2D eigenvalue weighted by Gasteiger charge is 2.30. The fraction of sp³-hybridized carbons (Fsp3) is 0.0968. The molecule has 0 fully saturated rings. The zero-order valence-electron chi connectivity index (χ0n) is 20.9. The van der Waals surface area contributed by atoms with Gasteiger partial charge in [-0.2, -0.15) is 0 Å². The number of para-hydroxylation sites is 1. The Kier molecular flexibility index (Phi) is 5.93. The zero-order valence-corrected chi connectivity index (χ0v) is 21.8. The molecule has 0 radical (unpaired) electrons. The van der Waals surface area contributed by atoms with E-state index in [1.807, 2.05) is 85.9 Å². The molecule has 2 N–H and O–H groups in total. The molecule has 6 rings (SSSR count). The van der Waals surface area contributed by atoms with Crippen molar-refractivity contribution in [2.75, 3.05) is 11.8 Å². The maximum atomic E-state index is 13.6. The first-order valence-corrected chi connectivity index (χ1v) is 13.7. The number of H-pyrrole nitrogens is 1. The van der Waals surface area contributed by atoms with Gasteiger partial charge in [0.25, 0.3) is 10.0 Å². The van der Waals surface area contributed by atoms with Crippen molar-refractivity contribution in [2.24, 2.45) is 0 Å². The van der Waals surface area contributed by atoms with Gasteiger partial charge in [0.15, 0.2) is 0 Å². The molecule has 0 aliphatic rings. The van der Waals surface area contributed by atoms with E-state index in [4.69, 9.17) is 9.15 Å². The van der Waals surface area contributed by atoms with Crippen LogP contribution in [0.1, 0.15) is 28.4 Å². The Hall–Kier alpha value is -4.49. The fourth-order valence-corrected chi connectivity index (χ4v) is 5.98. The maximum absolute atomic E-state index is 13.6. The number of hydrogen-bond acceptors (Lipinski definition) is 4. The predicted molar refractivity (Wildman–Crippen MR) is 150 cm³/mol. The SMILES string of the molecule is COc1ccc2[nH]cc(C(c3ccccc3)c3oc4ccccc4c3NS(=O)(=O)c3ccc(C)cc3)c2c1. The number of aromatic nitrogens is 1. The van der Waals surface area contributed by atoms with E-state index in [2.05, 4.69) is 9.71 Å². The van der Waals surface area contributed by atoms with Gasteiger partial charge >= 0.3 is 0 Å². The molecule has 0 bridgehead atoms. The summed E-state index contributed by atoms with van der Waals surface area (Å²) in [6, 6.07) is 30.1. The second kappa shape index (κ2) is 9.43. The quantitative estimate of drug-likeness (QED) is 0.232. The van der Waals surface area contributed by atoms with Gasteiger partial charge in [-0.25, -0.2) is 8.42 Å². The summed E-state index contributed by atoms with van der Waals surface area (Å²) in [6.45, 7) is 1.92. The lowest BCUT2D eigenvalue weighted by Crippen LogP contribution is -2.15. The predicted octanol–water partition coefficient (Wildman–Crippen LogP) is 7.21. The molecule has 2 heterocycles. The molecule has 7 heteroatoms. The van der Waals surface area contributed by atoms with Crippen LogP contribution in [0.5, 0.6) is 5.75 Å². The average molecular weight is 523 g/mol. The zero-order chi connectivity index (χ0) is 26.3. The molecule has 0 aliphatic carbocycles. The molecule has 2 aromatic heterocycles. The summed E-state index contributed by atoms with van der Waals surface area (Å²) < 4.78 is 42.0. The Morgan fingerprint density at radius 2 is 1.61 bits per heavy atom. The van der Waals surface area contributed by atoms with Gasteiger partial charge in [0.1, 0.15) is 17.1 Å². The number of sulfonamides is 1. The molecule has 6 aromatic rings. The van der Waals surface area contributed by atoms with Crippen molar-refractivity contribution >= 4 is 37.6 Å². The fourth-order valence-electron chi connectivity index (χ4n) is 4.89. The van der Waals surface area contributed by atoms with Gasteiger partial charge in [-0.05, 0) is 60.5 Å². The van der Waals surface area contributed by atoms with Gasteiger partial charge in [-0.15, -0.1) is 0 Å². The van der Waals surface area contributed by atoms with Crippen LogP contribution < -0.4 is 9.46 Å². The van der Waals surface area contributed by atoms with E-state index in [0.717, 1.165) is 33.3 Å². The number of aromatic amines is 1. The second-order valence-electron chi connectivity index (χ2n) is 9.26. The van der Waals surface area contributed by atoms with Crippen LogP contribution in [0.4, 0.5) is 5.69 Å². The Labute approximate surface area is 220 Å². The van der Waals surface area contributed by atoms with Crippen molar-refractivity contribution in [3.63, 3.8) is 0 Å². The van der Waals surface area contributed by atoms with Crippen molar-refractivity contribution < 1.29 is 17.6 Å². The van der Waals surface area contributed by atoms with E-state index in [1.54, 1.807) is 31.4 Å². The summed E-state index contributed by atoms with van der Waals surface area (Å²) in [4.78, 5) is 3.54. The maximum Gasteiger partial charge on any atom is 0.262 e. The summed E-state index contributed by atoms with van der Waals surface area (Å²) in [7, 11) is -2.25. The first kappa shape index (κ1) is 23.9. The minimum Gasteiger partial charge on any atom is -0.497 e. The molecular formula is C31H26N2O4S. The van der Waals surface area contributed by atoms with Gasteiger partial charge in [0.05, 0.1) is 23.6 Å². The Bertz CT molecular complexity index is 1850. The standard InChI is InChI=1S/C31H26N2O4S/c1-20-12-15-23(16-13-20)38(34,35)33-30-24-10-6-7-11-28(24)37-31(30)29(21-8-4-3-5-9-21)26-19-32-27-17-14-22(36-2)18-25(26)27/h3-19,29,32-33H,1-2H3. The topological polar surface area (TPSA) is 84.3 Å². The minimum absolute atomic E-state index is 0.187. The number of ether oxygens (including phenoxy) is 1. The normalized spacial score (nSPS) is 12.6. The molecule has 0 saturated heterocycles. The summed E-state index contributed by atoms with van der Waals surface area (Å²) in [5.41, 5.74) is 4.86. The molecule has 4 aromatic carbocycles. The lowest BCUT2D eigenvalue weighted by molar-refractivity contribution is 0.415. The van der Waals surface area contributed by atoms with E-state index < -0.39 is 15.9 Å². The Balaban J connectivity index is 1.59. The number of benzene rings is 4. The molecule has 0 amide bonds. The van der Waals surface area contributed by atoms with E-state index in [1.165, 1.54) is 0 Å². The van der Waals surface area contributed by atoms with Crippen molar-refractivity contribution in [3.05, 3.63) is 126 Å². The molecule has 38 heavy (non-hydrogen) atoms. The summed E-state index contributed by atoms with van der Waals surface area (Å²) in [5, 5.41) is 1.66. The van der Waals surface area contributed by atoms with Gasteiger partial charge < -0.3 is 14.1 Å². The van der Waals surface area contributed by atoms with Crippen LogP contribution in [0.2, 0.25) is 0 Å². The number of methoxy groups -OCH3 is 1. The van der Waals surface area contributed by atoms with Gasteiger partial charge in [-0.1, -0.05) is 60.2 Å². The van der Waals surface area contributed by atoms with Crippen molar-refractivity contribution in [1.29, 1.82) is 0 Å². The number of aryl methyl sites for hydroxylation is 1. The van der Waals surface area contributed by atoms with E-state index >= 15 is 0 Å². The van der Waals surface area contributed by atoms with Gasteiger partial charge in [0.2, 0.25) is 0 Å². The first-order valence-electron chi connectivity index (χ1n) is 12.3. The van der Waals surface area contributed by atoms with Crippen molar-refractivity contribution in [1.82, 2.24) is 4.98 Å². The van der Waals surface area contributed by atoms with Crippen LogP contribution in [-0.2, 0) is 10.0 Å². The second-order valence-corrected chi connectivity index (χ2v) is 10.9. The third-order valence-corrected chi connectivity index (χ3v) is 8.18. The number of anilines is 1. The van der Waals surface area contributed by atoms with Crippen molar-refractivity contribution in [2.45, 2.75) is 17.7 Å². The number of rotatable bonds is 7. The lowest BCUT2D eigenvalue weighted by Gasteiger charge is -2.18. The highest BCUT2D eigenvalue weighted by Crippen LogP contribution is 2.44. The van der Waals surface area contributed by atoms with Gasteiger partial charge in [0, 0.05) is 22.5 Å². The molecule has 0 saturated carbocycles. The van der Waals surface area contributed by atoms with Crippen LogP contribution >= 0.6 is 0 Å². The summed E-state index contributed by atoms with van der Waals surface area (Å²) in [5.74, 6) is 0.840. The average Bonchev–Trinajstić information content (AvgIpc) is 3.51. The highest BCUT2D eigenvalue weighted by atomic mass is 32.2. The lowest BCUT2D eigenvalue weighted by atomic mass is 9.88. The molecule has 1 atom stereocenters. The largest absolute Gasteiger partial charge is 0.497 e. The highest BCUT2D eigenvalue weighted by molar-refractivity contribution is 7.92. The smallest absolute Gasteiger partial charge is 0.262 e. The number of furan rings is 1. The number of hydrogen-bond donors (Lipinski definition) is 2. The van der Waals surface area contributed by atoms with Crippen LogP contribution in [0, 0.1) is 6.92 Å². The van der Waals surface area contributed by atoms with Crippen LogP contribution in [0.15, 0.2) is 113 Å². The van der Waals surface area contributed by atoms with Crippen LogP contribution in [0.3, 0.4) is 0 Å². The molecule has 6 nitrogen and oxygen atoms in total. The summed E-state index contributed by atoms with van der Waals surface area (Å²) >= 11 is 0. The van der Waals surface area contributed by atoms with E-state index in [9.17, 15) is 8.42 Å². The minimum atomic E-state index is -3.89. The van der Waals surface area contributed by atoms with Crippen LogP contribution in [0.25, 0.3) is 21.9 Å². The first-order chi connectivity index (χ1) is 18.4. The third-order valence-electron chi connectivity index (χ3n) is 6.82. The molecule has 0 spiro atoms. The van der Waals surface area contributed by atoms with Crippen molar-refractivity contribution in [3.8, 4) is 5.75 Å². The van der Waals surface area contributed by atoms with Gasteiger partial charge in [-0.3, -0.25) is 4.72 Å². The third kappa shape index (κ3) is 4.21. The van der Waals surface area contributed by atoms with Crippen LogP contribution in [-0.4, -0.2) is 20.5 Å². The number of nitrogens with one attached hydrogen (secondary N) is 2.